The van der Waals surface area contributed by atoms with Crippen LogP contribution in [-0.4, -0.2) is 48.7 Å². The average molecular weight is 242 g/mol. The number of hydrogen-bond acceptors (Lipinski definition) is 3. The maximum absolute atomic E-state index is 12.0. The van der Waals surface area contributed by atoms with Crippen molar-refractivity contribution in [1.29, 1.82) is 0 Å². The Morgan fingerprint density at radius 3 is 2.53 bits per heavy atom. The normalized spacial score (nSPS) is 18.5. The summed E-state index contributed by atoms with van der Waals surface area (Å²) in [6, 6.07) is -0.118. The zero-order valence-corrected chi connectivity index (χ0v) is 11.6. The first-order valence-electron chi connectivity index (χ1n) is 6.62. The van der Waals surface area contributed by atoms with E-state index in [1.807, 2.05) is 32.6 Å². The maximum atomic E-state index is 12.0. The molecule has 0 spiro atoms. The molecule has 1 N–H and O–H groups in total. The van der Waals surface area contributed by atoms with Crippen LogP contribution in [0.15, 0.2) is 0 Å². The van der Waals surface area contributed by atoms with E-state index in [0.717, 1.165) is 25.9 Å². The summed E-state index contributed by atoms with van der Waals surface area (Å²) in [4.78, 5) is 14.0. The smallest absolute Gasteiger partial charge is 0.239 e. The molecule has 0 aliphatic carbocycles. The zero-order chi connectivity index (χ0) is 12.9. The molecule has 0 radical (unpaired) electrons. The zero-order valence-electron chi connectivity index (χ0n) is 11.6. The number of amides is 1. The fraction of sp³-hybridized carbons (Fsp3) is 0.923. The lowest BCUT2D eigenvalue weighted by atomic mass is 10.1. The van der Waals surface area contributed by atoms with Gasteiger partial charge in [-0.05, 0) is 40.5 Å². The summed E-state index contributed by atoms with van der Waals surface area (Å²) >= 11 is 0. The van der Waals surface area contributed by atoms with Gasteiger partial charge in [-0.1, -0.05) is 0 Å². The number of rotatable bonds is 6. The standard InChI is InChI=1S/C13H26N2O2/c1-5-17-13(3,4)10-14-11(2)12(16)15-8-6-7-9-15/h11,14H,5-10H2,1-4H3. The summed E-state index contributed by atoms with van der Waals surface area (Å²) in [5.74, 6) is 0.217. The van der Waals surface area contributed by atoms with Crippen LogP contribution in [0.4, 0.5) is 0 Å². The van der Waals surface area contributed by atoms with Crippen molar-refractivity contribution in [2.75, 3.05) is 26.2 Å². The van der Waals surface area contributed by atoms with Crippen LogP contribution in [0.3, 0.4) is 0 Å². The Labute approximate surface area is 105 Å². The molecule has 0 aromatic rings. The highest BCUT2D eigenvalue weighted by molar-refractivity contribution is 5.81. The Hall–Kier alpha value is -0.610. The Kier molecular flexibility index (Phi) is 5.40. The van der Waals surface area contributed by atoms with E-state index in [9.17, 15) is 4.79 Å². The van der Waals surface area contributed by atoms with Gasteiger partial charge in [0.25, 0.3) is 0 Å². The van der Waals surface area contributed by atoms with E-state index in [1.54, 1.807) is 0 Å². The third-order valence-electron chi connectivity index (χ3n) is 3.16. The number of hydrogen-bond donors (Lipinski definition) is 1. The molecule has 0 aromatic carbocycles. The second-order valence-corrected chi connectivity index (χ2v) is 5.33. The van der Waals surface area contributed by atoms with Crippen molar-refractivity contribution in [2.24, 2.45) is 0 Å². The van der Waals surface area contributed by atoms with Crippen molar-refractivity contribution in [3.63, 3.8) is 0 Å². The lowest BCUT2D eigenvalue weighted by Gasteiger charge is -2.28. The van der Waals surface area contributed by atoms with E-state index in [0.29, 0.717) is 13.2 Å². The SMILES string of the molecule is CCOC(C)(C)CNC(C)C(=O)N1CCCC1. The largest absolute Gasteiger partial charge is 0.375 e. The molecule has 1 unspecified atom stereocenters. The van der Waals surface area contributed by atoms with E-state index < -0.39 is 0 Å². The van der Waals surface area contributed by atoms with Gasteiger partial charge in [0.05, 0.1) is 11.6 Å². The van der Waals surface area contributed by atoms with Crippen molar-refractivity contribution in [3.05, 3.63) is 0 Å². The van der Waals surface area contributed by atoms with Gasteiger partial charge in [-0.25, -0.2) is 0 Å². The molecule has 0 bridgehead atoms. The molecule has 17 heavy (non-hydrogen) atoms. The quantitative estimate of drug-likeness (QED) is 0.765. The second-order valence-electron chi connectivity index (χ2n) is 5.33. The van der Waals surface area contributed by atoms with E-state index in [2.05, 4.69) is 5.32 Å². The van der Waals surface area contributed by atoms with Crippen LogP contribution < -0.4 is 5.32 Å². The van der Waals surface area contributed by atoms with Gasteiger partial charge < -0.3 is 15.0 Å². The first-order valence-corrected chi connectivity index (χ1v) is 6.62. The number of nitrogens with zero attached hydrogens (tertiary/aromatic N) is 1. The highest BCUT2D eigenvalue weighted by atomic mass is 16.5. The van der Waals surface area contributed by atoms with Crippen molar-refractivity contribution >= 4 is 5.91 Å². The highest BCUT2D eigenvalue weighted by Gasteiger charge is 2.25. The molecule has 0 saturated carbocycles. The minimum absolute atomic E-state index is 0.118. The Morgan fingerprint density at radius 2 is 2.00 bits per heavy atom. The number of carbonyl (C=O) groups is 1. The minimum Gasteiger partial charge on any atom is -0.375 e. The Morgan fingerprint density at radius 1 is 1.41 bits per heavy atom. The summed E-state index contributed by atoms with van der Waals surface area (Å²) in [6.45, 7) is 11.2. The van der Waals surface area contributed by atoms with Gasteiger partial charge in [0.15, 0.2) is 0 Å². The van der Waals surface area contributed by atoms with Gasteiger partial charge in [0.2, 0.25) is 5.91 Å². The predicted octanol–water partition coefficient (Wildman–Crippen LogP) is 1.40. The molecule has 1 amide bonds. The van der Waals surface area contributed by atoms with Gasteiger partial charge in [-0.15, -0.1) is 0 Å². The molecule has 1 aliphatic heterocycles. The summed E-state index contributed by atoms with van der Waals surface area (Å²) < 4.78 is 5.60. The lowest BCUT2D eigenvalue weighted by molar-refractivity contribution is -0.132. The molecule has 1 heterocycles. The predicted molar refractivity (Wildman–Crippen MR) is 69.0 cm³/mol. The molecular weight excluding hydrogens is 216 g/mol. The van der Waals surface area contributed by atoms with Gasteiger partial charge >= 0.3 is 0 Å². The number of nitrogens with one attached hydrogen (secondary N) is 1. The van der Waals surface area contributed by atoms with E-state index in [4.69, 9.17) is 4.74 Å². The number of likely N-dealkylation sites (tertiary alicyclic amines) is 1. The van der Waals surface area contributed by atoms with Crippen molar-refractivity contribution in [2.45, 2.75) is 52.2 Å². The topological polar surface area (TPSA) is 41.6 Å². The Bertz CT molecular complexity index is 248. The molecule has 0 aromatic heterocycles. The van der Waals surface area contributed by atoms with E-state index in [-0.39, 0.29) is 17.6 Å². The molecule has 1 fully saturated rings. The van der Waals surface area contributed by atoms with Gasteiger partial charge in [-0.3, -0.25) is 4.79 Å². The van der Waals surface area contributed by atoms with Gasteiger partial charge in [0.1, 0.15) is 0 Å². The summed E-state index contributed by atoms with van der Waals surface area (Å²) in [5, 5.41) is 3.27. The van der Waals surface area contributed by atoms with Crippen LogP contribution in [-0.2, 0) is 9.53 Å². The molecular formula is C13H26N2O2. The van der Waals surface area contributed by atoms with Gasteiger partial charge in [-0.2, -0.15) is 0 Å². The highest BCUT2D eigenvalue weighted by Crippen LogP contribution is 2.10. The molecule has 1 saturated heterocycles. The van der Waals surface area contributed by atoms with Crippen LogP contribution in [0, 0.1) is 0 Å². The van der Waals surface area contributed by atoms with Crippen molar-refractivity contribution in [3.8, 4) is 0 Å². The van der Waals surface area contributed by atoms with Crippen molar-refractivity contribution in [1.82, 2.24) is 10.2 Å². The average Bonchev–Trinajstić information content (AvgIpc) is 2.78. The maximum Gasteiger partial charge on any atom is 0.239 e. The van der Waals surface area contributed by atoms with Crippen LogP contribution in [0.5, 0.6) is 0 Å². The molecule has 1 rings (SSSR count). The molecule has 100 valence electrons. The molecule has 1 aliphatic rings. The third kappa shape index (κ3) is 4.64. The lowest BCUT2D eigenvalue weighted by Crippen LogP contribution is -2.48. The van der Waals surface area contributed by atoms with E-state index in [1.165, 1.54) is 0 Å². The van der Waals surface area contributed by atoms with Crippen LogP contribution in [0.1, 0.15) is 40.5 Å². The van der Waals surface area contributed by atoms with E-state index >= 15 is 0 Å². The van der Waals surface area contributed by atoms with Crippen LogP contribution >= 0.6 is 0 Å². The van der Waals surface area contributed by atoms with Crippen LogP contribution in [0.25, 0.3) is 0 Å². The number of ether oxygens (including phenoxy) is 1. The molecule has 1 atom stereocenters. The fourth-order valence-corrected chi connectivity index (χ4v) is 2.14. The molecule has 4 nitrogen and oxygen atoms in total. The fourth-order valence-electron chi connectivity index (χ4n) is 2.14. The summed E-state index contributed by atoms with van der Waals surface area (Å²) in [6.07, 6.45) is 2.28. The minimum atomic E-state index is -0.214. The van der Waals surface area contributed by atoms with Crippen molar-refractivity contribution < 1.29 is 9.53 Å². The summed E-state index contributed by atoms with van der Waals surface area (Å²) in [7, 11) is 0. The Balaban J connectivity index is 2.33. The first kappa shape index (κ1) is 14.5. The number of carbonyl (C=O) groups excluding carboxylic acids is 1. The molecule has 4 heteroatoms. The monoisotopic (exact) mass is 242 g/mol. The third-order valence-corrected chi connectivity index (χ3v) is 3.16. The second kappa shape index (κ2) is 6.36. The summed E-state index contributed by atoms with van der Waals surface area (Å²) in [5.41, 5.74) is -0.214. The van der Waals surface area contributed by atoms with Gasteiger partial charge in [0, 0.05) is 26.2 Å². The first-order chi connectivity index (χ1) is 7.96. The van der Waals surface area contributed by atoms with Crippen LogP contribution in [0.2, 0.25) is 0 Å².